The molecule has 0 aromatic heterocycles. The van der Waals surface area contributed by atoms with E-state index in [0.29, 0.717) is 0 Å². The molecule has 1 amide bonds. The standard InChI is InChI=1S/C3H7NO5S2/c1-2-3(5)4(10(6)7)11(8)9/h10-11H,2H2,1H3. The van der Waals surface area contributed by atoms with E-state index < -0.39 is 27.7 Å². The minimum Gasteiger partial charge on any atom is -0.273 e. The largest absolute Gasteiger partial charge is 0.273 e. The average Bonchev–Trinajstić information content (AvgIpc) is 1.85. The van der Waals surface area contributed by atoms with Crippen LogP contribution in [0.5, 0.6) is 0 Å². The minimum absolute atomic E-state index is 0.160. The van der Waals surface area contributed by atoms with Gasteiger partial charge in [0, 0.05) is 6.42 Å². The number of hydrogen-bond donors (Lipinski definition) is 2. The fraction of sp³-hybridized carbons (Fsp3) is 0.667. The Balaban J connectivity index is 4.76. The molecule has 0 saturated carbocycles. The topological polar surface area (TPSA) is 88.6 Å². The van der Waals surface area contributed by atoms with Gasteiger partial charge >= 0.3 is 0 Å². The molecule has 8 heteroatoms. The highest BCUT2D eigenvalue weighted by atomic mass is 32.2. The third-order valence-electron chi connectivity index (χ3n) is 0.835. The van der Waals surface area contributed by atoms with Crippen molar-refractivity contribution in [3.05, 3.63) is 0 Å². The molecular formula is C3H7NO5S2. The third kappa shape index (κ3) is 2.85. The van der Waals surface area contributed by atoms with Crippen molar-refractivity contribution >= 4 is 27.7 Å². The fourth-order valence-electron chi connectivity index (χ4n) is 0.383. The highest BCUT2D eigenvalue weighted by Gasteiger charge is 2.15. The van der Waals surface area contributed by atoms with Crippen LogP contribution in [0.4, 0.5) is 0 Å². The van der Waals surface area contributed by atoms with Crippen molar-refractivity contribution < 1.29 is 21.6 Å². The van der Waals surface area contributed by atoms with E-state index in [4.69, 9.17) is 0 Å². The molecule has 0 unspecified atom stereocenters. The Morgan fingerprint density at radius 2 is 1.55 bits per heavy atom. The van der Waals surface area contributed by atoms with Crippen LogP contribution >= 0.6 is 0 Å². The van der Waals surface area contributed by atoms with Gasteiger partial charge in [0.1, 0.15) is 0 Å². The monoisotopic (exact) mass is 201 g/mol. The Morgan fingerprint density at radius 1 is 1.18 bits per heavy atom. The van der Waals surface area contributed by atoms with E-state index in [2.05, 4.69) is 0 Å². The van der Waals surface area contributed by atoms with Crippen LogP contribution < -0.4 is 0 Å². The van der Waals surface area contributed by atoms with Crippen LogP contribution in [0.15, 0.2) is 0 Å². The van der Waals surface area contributed by atoms with Gasteiger partial charge in [-0.05, 0) is 0 Å². The van der Waals surface area contributed by atoms with Gasteiger partial charge in [0.15, 0.2) is 0 Å². The number of carbonyl (C=O) groups excluding carboxylic acids is 1. The van der Waals surface area contributed by atoms with Crippen LogP contribution in [0, 0.1) is 0 Å². The SMILES string of the molecule is CCC(=O)N([SH](=O)=O)[SH](=O)=O. The van der Waals surface area contributed by atoms with Gasteiger partial charge in [0.25, 0.3) is 0 Å². The molecule has 6 nitrogen and oxygen atoms in total. The van der Waals surface area contributed by atoms with Crippen molar-refractivity contribution in [2.24, 2.45) is 0 Å². The van der Waals surface area contributed by atoms with Gasteiger partial charge in [-0.1, -0.05) is 6.92 Å². The Morgan fingerprint density at radius 3 is 1.64 bits per heavy atom. The van der Waals surface area contributed by atoms with Gasteiger partial charge in [-0.2, -0.15) is 0 Å². The zero-order valence-corrected chi connectivity index (χ0v) is 7.38. The van der Waals surface area contributed by atoms with Crippen molar-refractivity contribution in [2.45, 2.75) is 13.3 Å². The van der Waals surface area contributed by atoms with E-state index >= 15 is 0 Å². The maximum atomic E-state index is 10.6. The molecule has 0 atom stereocenters. The molecular weight excluding hydrogens is 194 g/mol. The number of amides is 1. The maximum Gasteiger partial charge on any atom is 0.249 e. The second-order valence-electron chi connectivity index (χ2n) is 1.51. The molecule has 11 heavy (non-hydrogen) atoms. The molecule has 0 aliphatic rings. The Bertz CT molecular complexity index is 252. The Labute approximate surface area is 67.0 Å². The van der Waals surface area contributed by atoms with Crippen LogP contribution in [0.2, 0.25) is 0 Å². The molecule has 0 aliphatic carbocycles. The highest BCUT2D eigenvalue weighted by molar-refractivity contribution is 7.86. The summed E-state index contributed by atoms with van der Waals surface area (Å²) in [6, 6.07) is 0. The summed E-state index contributed by atoms with van der Waals surface area (Å²) in [5.74, 6) is -0.947. The molecule has 0 aliphatic heterocycles. The summed E-state index contributed by atoms with van der Waals surface area (Å²) in [5.41, 5.74) is 0. The third-order valence-corrected chi connectivity index (χ3v) is 2.78. The lowest BCUT2D eigenvalue weighted by atomic mass is 10.5. The second kappa shape index (κ2) is 4.29. The molecule has 0 rings (SSSR count). The van der Waals surface area contributed by atoms with Crippen LogP contribution in [0.1, 0.15) is 13.3 Å². The lowest BCUT2D eigenvalue weighted by Gasteiger charge is -2.03. The fourth-order valence-corrected chi connectivity index (χ4v) is 1.51. The summed E-state index contributed by atoms with van der Waals surface area (Å²) in [6.07, 6.45) is -0.160. The predicted octanol–water partition coefficient (Wildman–Crippen LogP) is -1.72. The first-order valence-corrected chi connectivity index (χ1v) is 4.88. The van der Waals surface area contributed by atoms with E-state index in [1.54, 1.807) is 0 Å². The van der Waals surface area contributed by atoms with Crippen LogP contribution in [0.3, 0.4) is 0 Å². The molecule has 0 N–H and O–H groups in total. The molecule has 0 aromatic rings. The zero-order valence-electron chi connectivity index (χ0n) is 5.59. The predicted molar refractivity (Wildman–Crippen MR) is 37.8 cm³/mol. The van der Waals surface area contributed by atoms with Crippen LogP contribution in [-0.2, 0) is 26.6 Å². The maximum absolute atomic E-state index is 10.6. The normalized spacial score (nSPS) is 10.5. The van der Waals surface area contributed by atoms with E-state index in [-0.39, 0.29) is 10.1 Å². The zero-order chi connectivity index (χ0) is 9.02. The van der Waals surface area contributed by atoms with E-state index in [9.17, 15) is 21.6 Å². The molecule has 0 spiro atoms. The first-order valence-electron chi connectivity index (χ1n) is 2.62. The van der Waals surface area contributed by atoms with Gasteiger partial charge in [-0.3, -0.25) is 4.79 Å². The molecule has 0 aromatic carbocycles. The highest BCUT2D eigenvalue weighted by Crippen LogP contribution is 1.92. The number of nitrogens with zero attached hydrogens (tertiary/aromatic N) is 1. The van der Waals surface area contributed by atoms with Crippen molar-refractivity contribution in [3.63, 3.8) is 0 Å². The number of thiol groups is 2. The van der Waals surface area contributed by atoms with E-state index in [1.807, 2.05) is 0 Å². The van der Waals surface area contributed by atoms with Crippen molar-refractivity contribution in [1.82, 2.24) is 3.71 Å². The smallest absolute Gasteiger partial charge is 0.249 e. The summed E-state index contributed by atoms with van der Waals surface area (Å²) in [4.78, 5) is 10.6. The minimum atomic E-state index is -3.36. The summed E-state index contributed by atoms with van der Waals surface area (Å²) >= 11 is 0. The lowest BCUT2D eigenvalue weighted by molar-refractivity contribution is -0.122. The molecule has 0 heterocycles. The molecule has 0 radical (unpaired) electrons. The average molecular weight is 201 g/mol. The second-order valence-corrected chi connectivity index (χ2v) is 3.58. The summed E-state index contributed by atoms with van der Waals surface area (Å²) < 4.78 is 40.2. The number of rotatable bonds is 3. The van der Waals surface area contributed by atoms with Gasteiger partial charge < -0.3 is 0 Å². The summed E-state index contributed by atoms with van der Waals surface area (Å²) in [5, 5.41) is 0. The molecule has 0 saturated heterocycles. The Kier molecular flexibility index (Phi) is 4.04. The molecule has 66 valence electrons. The summed E-state index contributed by atoms with van der Waals surface area (Å²) in [7, 11) is -6.72. The summed E-state index contributed by atoms with van der Waals surface area (Å²) in [6.45, 7) is 1.37. The van der Waals surface area contributed by atoms with Crippen LogP contribution in [0.25, 0.3) is 0 Å². The van der Waals surface area contributed by atoms with Gasteiger partial charge in [0.2, 0.25) is 27.7 Å². The Hall–Kier alpha value is -0.630. The van der Waals surface area contributed by atoms with Crippen LogP contribution in [-0.4, -0.2) is 26.5 Å². The first-order chi connectivity index (χ1) is 5.00. The first kappa shape index (κ1) is 10.4. The van der Waals surface area contributed by atoms with E-state index in [0.717, 1.165) is 0 Å². The quantitative estimate of drug-likeness (QED) is 0.530. The lowest BCUT2D eigenvalue weighted by Crippen LogP contribution is -2.26. The molecule has 0 bridgehead atoms. The number of hydrogen-bond acceptors (Lipinski definition) is 5. The van der Waals surface area contributed by atoms with Gasteiger partial charge in [0.05, 0.1) is 0 Å². The number of carbonyl (C=O) groups is 1. The molecule has 0 fully saturated rings. The van der Waals surface area contributed by atoms with Crippen molar-refractivity contribution in [3.8, 4) is 0 Å². The van der Waals surface area contributed by atoms with Gasteiger partial charge in [-0.25, -0.2) is 16.8 Å². The van der Waals surface area contributed by atoms with Gasteiger partial charge in [-0.15, -0.1) is 3.71 Å². The van der Waals surface area contributed by atoms with Crippen molar-refractivity contribution in [1.29, 1.82) is 0 Å². The van der Waals surface area contributed by atoms with Crippen molar-refractivity contribution in [2.75, 3.05) is 0 Å². The van der Waals surface area contributed by atoms with E-state index in [1.165, 1.54) is 6.92 Å².